The Morgan fingerprint density at radius 1 is 1.28 bits per heavy atom. The molecule has 0 heterocycles. The minimum absolute atomic E-state index is 0.375. The number of nitrogens with one attached hydrogen (secondary N) is 1. The highest BCUT2D eigenvalue weighted by atomic mass is 16.5. The van der Waals surface area contributed by atoms with Gasteiger partial charge in [-0.15, -0.1) is 0 Å². The van der Waals surface area contributed by atoms with E-state index < -0.39 is 0 Å². The molecule has 0 aliphatic heterocycles. The molecule has 0 aromatic heterocycles. The van der Waals surface area contributed by atoms with Crippen molar-refractivity contribution in [2.75, 3.05) is 13.2 Å². The highest BCUT2D eigenvalue weighted by Crippen LogP contribution is 2.39. The molecule has 18 heavy (non-hydrogen) atoms. The molecular formula is C16H33NO. The normalized spacial score (nSPS) is 27.7. The van der Waals surface area contributed by atoms with Gasteiger partial charge >= 0.3 is 0 Å². The van der Waals surface area contributed by atoms with Crippen LogP contribution in [0.5, 0.6) is 0 Å². The lowest BCUT2D eigenvalue weighted by Crippen LogP contribution is -2.46. The van der Waals surface area contributed by atoms with Gasteiger partial charge in [0.05, 0.1) is 6.10 Å². The molecule has 1 saturated carbocycles. The standard InChI is InChI=1S/C16H33NO/c1-7-11-17-14-13(8-9-16(14,5)6)18-12-10-15(2,3)4/h13-14,17H,7-12H2,1-6H3. The number of ether oxygens (including phenoxy) is 1. The zero-order valence-corrected chi connectivity index (χ0v) is 13.3. The molecule has 1 N–H and O–H groups in total. The first-order chi connectivity index (χ1) is 8.26. The third-order valence-corrected chi connectivity index (χ3v) is 4.09. The van der Waals surface area contributed by atoms with Gasteiger partial charge in [-0.3, -0.25) is 0 Å². The molecule has 1 rings (SSSR count). The van der Waals surface area contributed by atoms with Crippen molar-refractivity contribution in [3.05, 3.63) is 0 Å². The third-order valence-electron chi connectivity index (χ3n) is 4.09. The molecule has 2 nitrogen and oxygen atoms in total. The molecule has 0 aromatic carbocycles. The van der Waals surface area contributed by atoms with Crippen LogP contribution in [-0.2, 0) is 4.74 Å². The van der Waals surface area contributed by atoms with Gasteiger partial charge in [-0.25, -0.2) is 0 Å². The van der Waals surface area contributed by atoms with Crippen LogP contribution < -0.4 is 5.32 Å². The molecular weight excluding hydrogens is 222 g/mol. The van der Waals surface area contributed by atoms with Gasteiger partial charge in [0, 0.05) is 12.6 Å². The minimum Gasteiger partial charge on any atom is -0.377 e. The Hall–Kier alpha value is -0.0800. The van der Waals surface area contributed by atoms with Crippen LogP contribution in [-0.4, -0.2) is 25.3 Å². The third kappa shape index (κ3) is 4.89. The van der Waals surface area contributed by atoms with Crippen molar-refractivity contribution in [2.45, 2.75) is 79.4 Å². The lowest BCUT2D eigenvalue weighted by molar-refractivity contribution is 0.0148. The summed E-state index contributed by atoms with van der Waals surface area (Å²) in [4.78, 5) is 0. The summed E-state index contributed by atoms with van der Waals surface area (Å²) >= 11 is 0. The second kappa shape index (κ2) is 6.38. The fourth-order valence-corrected chi connectivity index (χ4v) is 2.74. The van der Waals surface area contributed by atoms with Crippen LogP contribution >= 0.6 is 0 Å². The van der Waals surface area contributed by atoms with Gasteiger partial charge < -0.3 is 10.1 Å². The molecule has 2 atom stereocenters. The van der Waals surface area contributed by atoms with E-state index in [-0.39, 0.29) is 0 Å². The van der Waals surface area contributed by atoms with Crippen LogP contribution in [0.15, 0.2) is 0 Å². The van der Waals surface area contributed by atoms with Crippen molar-refractivity contribution in [1.82, 2.24) is 5.32 Å². The van der Waals surface area contributed by atoms with Gasteiger partial charge in [-0.2, -0.15) is 0 Å². The Balaban J connectivity index is 2.43. The van der Waals surface area contributed by atoms with Gasteiger partial charge in [0.1, 0.15) is 0 Å². The minimum atomic E-state index is 0.375. The summed E-state index contributed by atoms with van der Waals surface area (Å²) in [6.45, 7) is 15.8. The van der Waals surface area contributed by atoms with Crippen molar-refractivity contribution in [2.24, 2.45) is 10.8 Å². The molecule has 0 amide bonds. The largest absolute Gasteiger partial charge is 0.377 e. The van der Waals surface area contributed by atoms with E-state index in [9.17, 15) is 0 Å². The van der Waals surface area contributed by atoms with Crippen LogP contribution in [0.25, 0.3) is 0 Å². The van der Waals surface area contributed by atoms with E-state index in [2.05, 4.69) is 46.9 Å². The zero-order valence-electron chi connectivity index (χ0n) is 13.3. The van der Waals surface area contributed by atoms with Gasteiger partial charge in [-0.1, -0.05) is 41.5 Å². The van der Waals surface area contributed by atoms with Crippen molar-refractivity contribution in [1.29, 1.82) is 0 Å². The highest BCUT2D eigenvalue weighted by molar-refractivity contribution is 4.97. The Kier molecular flexibility index (Phi) is 5.67. The Labute approximate surface area is 114 Å². The molecule has 0 spiro atoms. The van der Waals surface area contributed by atoms with E-state index in [4.69, 9.17) is 4.74 Å². The van der Waals surface area contributed by atoms with Gasteiger partial charge in [-0.05, 0) is 43.1 Å². The molecule has 1 aliphatic carbocycles. The number of hydrogen-bond donors (Lipinski definition) is 1. The summed E-state index contributed by atoms with van der Waals surface area (Å²) in [5.41, 5.74) is 0.752. The van der Waals surface area contributed by atoms with Gasteiger partial charge in [0.2, 0.25) is 0 Å². The van der Waals surface area contributed by atoms with Crippen molar-refractivity contribution in [3.63, 3.8) is 0 Å². The summed E-state index contributed by atoms with van der Waals surface area (Å²) in [5, 5.41) is 3.69. The average Bonchev–Trinajstić information content (AvgIpc) is 2.50. The maximum Gasteiger partial charge on any atom is 0.0733 e. The highest BCUT2D eigenvalue weighted by Gasteiger charge is 2.42. The average molecular weight is 255 g/mol. The van der Waals surface area contributed by atoms with Crippen LogP contribution in [0.4, 0.5) is 0 Å². The lowest BCUT2D eigenvalue weighted by atomic mass is 9.87. The predicted octanol–water partition coefficient (Wildman–Crippen LogP) is 4.00. The van der Waals surface area contributed by atoms with E-state index in [0.717, 1.165) is 19.6 Å². The van der Waals surface area contributed by atoms with Crippen LogP contribution in [0.3, 0.4) is 0 Å². The second-order valence-corrected chi connectivity index (χ2v) is 7.68. The second-order valence-electron chi connectivity index (χ2n) is 7.68. The van der Waals surface area contributed by atoms with Gasteiger partial charge in [0.25, 0.3) is 0 Å². The van der Waals surface area contributed by atoms with Crippen LogP contribution in [0, 0.1) is 10.8 Å². The fraction of sp³-hybridized carbons (Fsp3) is 1.00. The van der Waals surface area contributed by atoms with Crippen molar-refractivity contribution < 1.29 is 4.74 Å². The Morgan fingerprint density at radius 2 is 1.94 bits per heavy atom. The lowest BCUT2D eigenvalue weighted by Gasteiger charge is -2.32. The summed E-state index contributed by atoms with van der Waals surface area (Å²) < 4.78 is 6.16. The monoisotopic (exact) mass is 255 g/mol. The molecule has 2 heteroatoms. The topological polar surface area (TPSA) is 21.3 Å². The summed E-state index contributed by atoms with van der Waals surface area (Å²) in [6, 6.07) is 0.525. The van der Waals surface area contributed by atoms with E-state index in [0.29, 0.717) is 23.0 Å². The first kappa shape index (κ1) is 16.0. The van der Waals surface area contributed by atoms with Crippen molar-refractivity contribution in [3.8, 4) is 0 Å². The molecule has 2 unspecified atom stereocenters. The summed E-state index contributed by atoms with van der Waals surface area (Å²) in [6.07, 6.45) is 5.23. The SMILES string of the molecule is CCCNC1C(OCCC(C)(C)C)CCC1(C)C. The maximum absolute atomic E-state index is 6.16. The van der Waals surface area contributed by atoms with E-state index in [1.54, 1.807) is 0 Å². The molecule has 0 bridgehead atoms. The predicted molar refractivity (Wildman–Crippen MR) is 78.9 cm³/mol. The summed E-state index contributed by atoms with van der Waals surface area (Å²) in [5.74, 6) is 0. The van der Waals surface area contributed by atoms with Crippen molar-refractivity contribution >= 4 is 0 Å². The number of rotatable bonds is 6. The van der Waals surface area contributed by atoms with Gasteiger partial charge in [0.15, 0.2) is 0 Å². The molecule has 0 saturated heterocycles. The Bertz CT molecular complexity index is 242. The number of hydrogen-bond acceptors (Lipinski definition) is 2. The first-order valence-corrected chi connectivity index (χ1v) is 7.61. The van der Waals surface area contributed by atoms with Crippen LogP contribution in [0.1, 0.15) is 67.2 Å². The molecule has 1 aliphatic rings. The van der Waals surface area contributed by atoms with Crippen LogP contribution in [0.2, 0.25) is 0 Å². The molecule has 0 radical (unpaired) electrons. The molecule has 0 aromatic rings. The Morgan fingerprint density at radius 3 is 2.50 bits per heavy atom. The first-order valence-electron chi connectivity index (χ1n) is 7.61. The van der Waals surface area contributed by atoms with E-state index in [1.165, 1.54) is 19.3 Å². The summed E-state index contributed by atoms with van der Waals surface area (Å²) in [7, 11) is 0. The fourth-order valence-electron chi connectivity index (χ4n) is 2.74. The molecule has 108 valence electrons. The zero-order chi connectivity index (χ0) is 13.8. The van der Waals surface area contributed by atoms with E-state index in [1.807, 2.05) is 0 Å². The maximum atomic E-state index is 6.16. The molecule has 1 fully saturated rings. The van der Waals surface area contributed by atoms with E-state index >= 15 is 0 Å². The quantitative estimate of drug-likeness (QED) is 0.774. The smallest absolute Gasteiger partial charge is 0.0733 e.